The quantitative estimate of drug-likeness (QED) is 0.740. The van der Waals surface area contributed by atoms with Gasteiger partial charge in [-0.1, -0.05) is 13.8 Å². The monoisotopic (exact) mass is 271 g/mol. The highest BCUT2D eigenvalue weighted by atomic mass is 16.6. The third-order valence-corrected chi connectivity index (χ3v) is 2.73. The molecule has 1 unspecified atom stereocenters. The summed E-state index contributed by atoms with van der Waals surface area (Å²) in [5.74, 6) is -0.0988. The van der Waals surface area contributed by atoms with Gasteiger partial charge in [-0.15, -0.1) is 0 Å². The van der Waals surface area contributed by atoms with Gasteiger partial charge in [0.1, 0.15) is 5.60 Å². The first-order valence-corrected chi connectivity index (χ1v) is 6.83. The van der Waals surface area contributed by atoms with Crippen LogP contribution in [0.1, 0.15) is 41.0 Å². The van der Waals surface area contributed by atoms with E-state index >= 15 is 0 Å². The summed E-state index contributed by atoms with van der Waals surface area (Å²) >= 11 is 0. The normalized spacial score (nSPS) is 19.7. The number of rotatable bonds is 3. The van der Waals surface area contributed by atoms with Gasteiger partial charge < -0.3 is 14.4 Å². The first kappa shape index (κ1) is 15.8. The van der Waals surface area contributed by atoms with Crippen molar-refractivity contribution in [2.24, 2.45) is 11.8 Å². The second kappa shape index (κ2) is 6.26. The van der Waals surface area contributed by atoms with Crippen LogP contribution in [0.15, 0.2) is 0 Å². The second-order valence-corrected chi connectivity index (χ2v) is 6.44. The van der Waals surface area contributed by atoms with Crippen molar-refractivity contribution in [1.82, 2.24) is 4.90 Å². The Balaban J connectivity index is 2.41. The van der Waals surface area contributed by atoms with Gasteiger partial charge in [0.05, 0.1) is 12.5 Å². The fourth-order valence-corrected chi connectivity index (χ4v) is 1.81. The van der Waals surface area contributed by atoms with Crippen molar-refractivity contribution in [3.05, 3.63) is 0 Å². The molecule has 5 nitrogen and oxygen atoms in total. The van der Waals surface area contributed by atoms with Gasteiger partial charge in [-0.2, -0.15) is 0 Å². The number of hydrogen-bond acceptors (Lipinski definition) is 4. The lowest BCUT2D eigenvalue weighted by Crippen LogP contribution is -2.36. The van der Waals surface area contributed by atoms with Crippen LogP contribution in [-0.4, -0.2) is 42.3 Å². The van der Waals surface area contributed by atoms with Crippen molar-refractivity contribution in [3.63, 3.8) is 0 Å². The van der Waals surface area contributed by atoms with E-state index in [9.17, 15) is 9.59 Å². The maximum Gasteiger partial charge on any atom is 0.410 e. The molecule has 110 valence electrons. The summed E-state index contributed by atoms with van der Waals surface area (Å²) in [7, 11) is 0. The van der Waals surface area contributed by atoms with Gasteiger partial charge in [-0.05, 0) is 33.1 Å². The molecule has 5 heteroatoms. The van der Waals surface area contributed by atoms with Crippen LogP contribution in [0.2, 0.25) is 0 Å². The molecule has 0 N–H and O–H groups in total. The van der Waals surface area contributed by atoms with E-state index in [0.717, 1.165) is 0 Å². The van der Waals surface area contributed by atoms with Crippen LogP contribution < -0.4 is 0 Å². The van der Waals surface area contributed by atoms with E-state index in [0.29, 0.717) is 32.0 Å². The van der Waals surface area contributed by atoms with Crippen LogP contribution in [0.5, 0.6) is 0 Å². The Labute approximate surface area is 115 Å². The lowest BCUT2D eigenvalue weighted by molar-refractivity contribution is -0.149. The van der Waals surface area contributed by atoms with E-state index in [1.807, 2.05) is 34.6 Å². The van der Waals surface area contributed by atoms with Crippen molar-refractivity contribution < 1.29 is 19.1 Å². The van der Waals surface area contributed by atoms with E-state index in [2.05, 4.69) is 0 Å². The second-order valence-electron chi connectivity index (χ2n) is 6.44. The fourth-order valence-electron chi connectivity index (χ4n) is 1.81. The number of carbonyl (C=O) groups excluding carboxylic acids is 2. The van der Waals surface area contributed by atoms with Crippen molar-refractivity contribution in [1.29, 1.82) is 0 Å². The number of amides is 1. The molecule has 0 bridgehead atoms. The molecule has 1 saturated heterocycles. The third kappa shape index (κ3) is 5.49. The largest absolute Gasteiger partial charge is 0.465 e. The number of hydrogen-bond donors (Lipinski definition) is 0. The van der Waals surface area contributed by atoms with E-state index in [1.54, 1.807) is 4.90 Å². The zero-order chi connectivity index (χ0) is 14.6. The van der Waals surface area contributed by atoms with Gasteiger partial charge in [-0.25, -0.2) is 4.79 Å². The van der Waals surface area contributed by atoms with Crippen molar-refractivity contribution in [3.8, 4) is 0 Å². The van der Waals surface area contributed by atoms with E-state index in [4.69, 9.17) is 9.47 Å². The third-order valence-electron chi connectivity index (χ3n) is 2.73. The van der Waals surface area contributed by atoms with Gasteiger partial charge in [0.15, 0.2) is 0 Å². The molecule has 0 aromatic carbocycles. The van der Waals surface area contributed by atoms with E-state index in [1.165, 1.54) is 0 Å². The van der Waals surface area contributed by atoms with Gasteiger partial charge in [-0.3, -0.25) is 4.79 Å². The molecule has 1 atom stereocenters. The molecule has 0 radical (unpaired) electrons. The van der Waals surface area contributed by atoms with Crippen molar-refractivity contribution in [2.75, 3.05) is 19.7 Å². The van der Waals surface area contributed by atoms with Crippen LogP contribution in [0.25, 0.3) is 0 Å². The average molecular weight is 271 g/mol. The smallest absolute Gasteiger partial charge is 0.410 e. The Morgan fingerprint density at radius 3 is 2.47 bits per heavy atom. The van der Waals surface area contributed by atoms with Crippen LogP contribution in [0.3, 0.4) is 0 Å². The predicted octanol–water partition coefficient (Wildman–Crippen LogP) is 2.44. The summed E-state index contributed by atoms with van der Waals surface area (Å²) in [6, 6.07) is 0. The number of carbonyl (C=O) groups is 2. The van der Waals surface area contributed by atoms with Crippen LogP contribution in [-0.2, 0) is 14.3 Å². The minimum absolute atomic E-state index is 0.209. The molecule has 0 aromatic heterocycles. The van der Waals surface area contributed by atoms with Crippen LogP contribution >= 0.6 is 0 Å². The Bertz CT molecular complexity index is 333. The van der Waals surface area contributed by atoms with Crippen LogP contribution in [0.4, 0.5) is 4.79 Å². The topological polar surface area (TPSA) is 55.8 Å². The predicted molar refractivity (Wildman–Crippen MR) is 71.7 cm³/mol. The molecule has 0 spiro atoms. The lowest BCUT2D eigenvalue weighted by Gasteiger charge is -2.24. The molecule has 1 aliphatic rings. The summed E-state index contributed by atoms with van der Waals surface area (Å²) in [5.41, 5.74) is -0.507. The lowest BCUT2D eigenvalue weighted by atomic mass is 10.1. The number of ether oxygens (including phenoxy) is 2. The summed E-state index contributed by atoms with van der Waals surface area (Å²) in [5, 5.41) is 0. The van der Waals surface area contributed by atoms with Gasteiger partial charge in [0, 0.05) is 13.1 Å². The average Bonchev–Trinajstić information content (AvgIpc) is 2.72. The molecule has 0 aromatic rings. The number of nitrogens with zero attached hydrogens (tertiary/aromatic N) is 1. The molecule has 1 rings (SSSR count). The number of likely N-dealkylation sites (tertiary alicyclic amines) is 1. The molecule has 0 saturated carbocycles. The van der Waals surface area contributed by atoms with Crippen molar-refractivity contribution in [2.45, 2.75) is 46.6 Å². The Morgan fingerprint density at radius 2 is 1.95 bits per heavy atom. The van der Waals surface area contributed by atoms with Crippen molar-refractivity contribution >= 4 is 12.1 Å². The minimum Gasteiger partial charge on any atom is -0.465 e. The number of esters is 1. The summed E-state index contributed by atoms with van der Waals surface area (Å²) < 4.78 is 10.5. The maximum atomic E-state index is 11.8. The molecule has 19 heavy (non-hydrogen) atoms. The Hall–Kier alpha value is -1.26. The first-order chi connectivity index (χ1) is 8.69. The molecule has 1 fully saturated rings. The zero-order valence-corrected chi connectivity index (χ0v) is 12.6. The highest BCUT2D eigenvalue weighted by Crippen LogP contribution is 2.20. The first-order valence-electron chi connectivity index (χ1n) is 6.83. The molecular formula is C14H25NO4. The summed E-state index contributed by atoms with van der Waals surface area (Å²) in [6.07, 6.45) is 0.294. The minimum atomic E-state index is -0.507. The SMILES string of the molecule is CC(C)COC(=O)C1CCN(C(=O)OC(C)(C)C)C1. The molecule has 1 aliphatic heterocycles. The molecule has 1 heterocycles. The van der Waals surface area contributed by atoms with E-state index in [-0.39, 0.29) is 18.0 Å². The maximum absolute atomic E-state index is 11.8. The fraction of sp³-hybridized carbons (Fsp3) is 0.857. The molecule has 0 aliphatic carbocycles. The standard InChI is InChI=1S/C14H25NO4/c1-10(2)9-18-12(16)11-6-7-15(8-11)13(17)19-14(3,4)5/h10-11H,6-9H2,1-5H3. The molecule has 1 amide bonds. The Morgan fingerprint density at radius 1 is 1.32 bits per heavy atom. The van der Waals surface area contributed by atoms with Crippen LogP contribution in [0, 0.1) is 11.8 Å². The van der Waals surface area contributed by atoms with Gasteiger partial charge >= 0.3 is 12.1 Å². The van der Waals surface area contributed by atoms with Gasteiger partial charge in [0.2, 0.25) is 0 Å². The molecular weight excluding hydrogens is 246 g/mol. The van der Waals surface area contributed by atoms with E-state index < -0.39 is 5.60 Å². The zero-order valence-electron chi connectivity index (χ0n) is 12.6. The summed E-state index contributed by atoms with van der Waals surface area (Å²) in [6.45, 7) is 10.9. The highest BCUT2D eigenvalue weighted by Gasteiger charge is 2.34. The Kier molecular flexibility index (Phi) is 5.20. The van der Waals surface area contributed by atoms with Gasteiger partial charge in [0.25, 0.3) is 0 Å². The highest BCUT2D eigenvalue weighted by molar-refractivity contribution is 5.75. The summed E-state index contributed by atoms with van der Waals surface area (Å²) in [4.78, 5) is 25.2.